The fraction of sp³-hybridized carbons (Fsp3) is 0.429. The smallest absolute Gasteiger partial charge is 0.0950 e. The lowest BCUT2D eigenvalue weighted by Gasteiger charge is -2.19. The normalized spacial score (nSPS) is 24.1. The van der Waals surface area contributed by atoms with Crippen molar-refractivity contribution in [1.82, 2.24) is 10.2 Å². The number of benzene rings is 1. The molecular weight excluding hydrogens is 210 g/mol. The second-order valence-corrected chi connectivity index (χ2v) is 4.93. The molecule has 2 aromatic rings. The molecule has 17 heavy (non-hydrogen) atoms. The van der Waals surface area contributed by atoms with E-state index in [0.717, 1.165) is 17.1 Å². The van der Waals surface area contributed by atoms with E-state index in [1.54, 1.807) is 0 Å². The lowest BCUT2D eigenvalue weighted by molar-refractivity contribution is 0.556. The second-order valence-electron chi connectivity index (χ2n) is 4.93. The Morgan fingerprint density at radius 2 is 2.12 bits per heavy atom. The molecule has 1 aliphatic rings. The first kappa shape index (κ1) is 10.5. The monoisotopic (exact) mass is 227 g/mol. The number of fused-ring (bicyclic) bond motifs is 1. The van der Waals surface area contributed by atoms with Crippen molar-refractivity contribution in [2.75, 3.05) is 5.32 Å². The summed E-state index contributed by atoms with van der Waals surface area (Å²) in [6.07, 6.45) is 5.76. The number of anilines is 1. The molecule has 0 spiro atoms. The van der Waals surface area contributed by atoms with Crippen LogP contribution in [0.25, 0.3) is 10.9 Å². The van der Waals surface area contributed by atoms with Crippen LogP contribution in [0.1, 0.15) is 26.2 Å². The van der Waals surface area contributed by atoms with Gasteiger partial charge in [-0.25, -0.2) is 0 Å². The highest BCUT2D eigenvalue weighted by Crippen LogP contribution is 2.29. The molecule has 3 nitrogen and oxygen atoms in total. The molecule has 2 unspecified atom stereocenters. The van der Waals surface area contributed by atoms with E-state index < -0.39 is 0 Å². The summed E-state index contributed by atoms with van der Waals surface area (Å²) >= 11 is 0. The molecule has 88 valence electrons. The molecule has 0 saturated heterocycles. The Labute approximate surface area is 101 Å². The maximum Gasteiger partial charge on any atom is 0.0950 e. The summed E-state index contributed by atoms with van der Waals surface area (Å²) in [6, 6.07) is 8.74. The summed E-state index contributed by atoms with van der Waals surface area (Å²) in [5, 5.41) is 13.0. The van der Waals surface area contributed by atoms with Crippen molar-refractivity contribution >= 4 is 16.6 Å². The number of hydrogen-bond acceptors (Lipinski definition) is 3. The molecule has 3 heteroatoms. The largest absolute Gasteiger partial charge is 0.380 e. The Balaban J connectivity index is 1.94. The molecule has 1 aromatic carbocycles. The molecule has 1 aliphatic carbocycles. The first-order chi connectivity index (χ1) is 8.34. The zero-order chi connectivity index (χ0) is 11.7. The number of aromatic nitrogens is 2. The minimum atomic E-state index is 0.586. The van der Waals surface area contributed by atoms with Crippen LogP contribution in [0.2, 0.25) is 0 Å². The van der Waals surface area contributed by atoms with Crippen LogP contribution in [0.3, 0.4) is 0 Å². The van der Waals surface area contributed by atoms with Gasteiger partial charge >= 0.3 is 0 Å². The first-order valence-corrected chi connectivity index (χ1v) is 6.31. The summed E-state index contributed by atoms with van der Waals surface area (Å²) in [5.74, 6) is 0.752. The molecule has 0 amide bonds. The van der Waals surface area contributed by atoms with Gasteiger partial charge in [0.05, 0.1) is 17.4 Å². The molecular formula is C14H17N3. The van der Waals surface area contributed by atoms with E-state index in [1.165, 1.54) is 24.6 Å². The van der Waals surface area contributed by atoms with Crippen molar-refractivity contribution in [2.24, 2.45) is 5.92 Å². The molecule has 1 aromatic heterocycles. The third-order valence-electron chi connectivity index (χ3n) is 3.75. The average Bonchev–Trinajstić information content (AvgIpc) is 2.76. The zero-order valence-corrected chi connectivity index (χ0v) is 10.1. The lowest BCUT2D eigenvalue weighted by atomic mass is 10.1. The Morgan fingerprint density at radius 1 is 1.24 bits per heavy atom. The minimum Gasteiger partial charge on any atom is -0.380 e. The highest BCUT2D eigenvalue weighted by Gasteiger charge is 2.23. The first-order valence-electron chi connectivity index (χ1n) is 6.31. The molecule has 3 rings (SSSR count). The van der Waals surface area contributed by atoms with Crippen LogP contribution in [0, 0.1) is 5.92 Å². The Kier molecular flexibility index (Phi) is 2.67. The fourth-order valence-corrected chi connectivity index (χ4v) is 2.68. The van der Waals surface area contributed by atoms with Gasteiger partial charge in [0, 0.05) is 11.4 Å². The number of nitrogens with zero attached hydrogens (tertiary/aromatic N) is 2. The van der Waals surface area contributed by atoms with E-state index in [9.17, 15) is 0 Å². The van der Waals surface area contributed by atoms with Crippen LogP contribution in [-0.2, 0) is 0 Å². The summed E-state index contributed by atoms with van der Waals surface area (Å²) in [4.78, 5) is 0. The highest BCUT2D eigenvalue weighted by molar-refractivity contribution is 5.90. The molecule has 1 saturated carbocycles. The number of hydrogen-bond donors (Lipinski definition) is 1. The van der Waals surface area contributed by atoms with E-state index >= 15 is 0 Å². The Hall–Kier alpha value is -1.64. The molecule has 0 aliphatic heterocycles. The Bertz CT molecular complexity index is 518. The number of rotatable bonds is 2. The molecule has 1 fully saturated rings. The van der Waals surface area contributed by atoms with Gasteiger partial charge in [-0.2, -0.15) is 10.2 Å². The van der Waals surface area contributed by atoms with Crippen molar-refractivity contribution in [3.63, 3.8) is 0 Å². The van der Waals surface area contributed by atoms with Crippen molar-refractivity contribution in [3.05, 3.63) is 30.5 Å². The molecule has 1 N–H and O–H groups in total. The molecule has 1 heterocycles. The van der Waals surface area contributed by atoms with Crippen LogP contribution in [-0.4, -0.2) is 16.2 Å². The van der Waals surface area contributed by atoms with Crippen LogP contribution >= 0.6 is 0 Å². The van der Waals surface area contributed by atoms with Crippen molar-refractivity contribution < 1.29 is 0 Å². The van der Waals surface area contributed by atoms with E-state index in [1.807, 2.05) is 24.4 Å². The van der Waals surface area contributed by atoms with Crippen LogP contribution < -0.4 is 5.32 Å². The third kappa shape index (κ3) is 1.97. The SMILES string of the molecule is CC1CCCC1Nc1cnnc2ccccc12. The van der Waals surface area contributed by atoms with Gasteiger partial charge in [0.25, 0.3) is 0 Å². The van der Waals surface area contributed by atoms with Gasteiger partial charge in [-0.1, -0.05) is 31.5 Å². The standard InChI is InChI=1S/C14H17N3/c1-10-5-4-8-12(10)16-14-9-15-17-13-7-3-2-6-11(13)14/h2-3,6-7,9-10,12H,4-5,8H2,1H3,(H,16,17). The predicted octanol–water partition coefficient (Wildman–Crippen LogP) is 3.23. The summed E-state index contributed by atoms with van der Waals surface area (Å²) < 4.78 is 0. The Morgan fingerprint density at radius 3 is 2.94 bits per heavy atom. The highest BCUT2D eigenvalue weighted by atomic mass is 15.1. The summed E-state index contributed by atoms with van der Waals surface area (Å²) in [5.41, 5.74) is 2.08. The molecule has 2 atom stereocenters. The maximum atomic E-state index is 4.15. The third-order valence-corrected chi connectivity index (χ3v) is 3.75. The van der Waals surface area contributed by atoms with Gasteiger partial charge in [-0.15, -0.1) is 0 Å². The van der Waals surface area contributed by atoms with E-state index in [4.69, 9.17) is 0 Å². The average molecular weight is 227 g/mol. The zero-order valence-electron chi connectivity index (χ0n) is 10.1. The van der Waals surface area contributed by atoms with E-state index in [-0.39, 0.29) is 0 Å². The van der Waals surface area contributed by atoms with E-state index in [0.29, 0.717) is 6.04 Å². The van der Waals surface area contributed by atoms with Crippen LogP contribution in [0.15, 0.2) is 30.5 Å². The van der Waals surface area contributed by atoms with Crippen molar-refractivity contribution in [3.8, 4) is 0 Å². The minimum absolute atomic E-state index is 0.586. The van der Waals surface area contributed by atoms with Gasteiger partial charge < -0.3 is 5.32 Å². The number of nitrogens with one attached hydrogen (secondary N) is 1. The van der Waals surface area contributed by atoms with Gasteiger partial charge in [0.1, 0.15) is 0 Å². The quantitative estimate of drug-likeness (QED) is 0.856. The van der Waals surface area contributed by atoms with Crippen LogP contribution in [0.5, 0.6) is 0 Å². The fourth-order valence-electron chi connectivity index (χ4n) is 2.68. The van der Waals surface area contributed by atoms with Crippen molar-refractivity contribution in [1.29, 1.82) is 0 Å². The second kappa shape index (κ2) is 4.32. The lowest BCUT2D eigenvalue weighted by Crippen LogP contribution is -2.22. The van der Waals surface area contributed by atoms with Crippen molar-refractivity contribution in [2.45, 2.75) is 32.2 Å². The summed E-state index contributed by atoms with van der Waals surface area (Å²) in [7, 11) is 0. The summed E-state index contributed by atoms with van der Waals surface area (Å²) in [6.45, 7) is 2.32. The molecule has 0 bridgehead atoms. The van der Waals surface area contributed by atoms with Gasteiger partial charge in [0.2, 0.25) is 0 Å². The van der Waals surface area contributed by atoms with Gasteiger partial charge in [-0.05, 0) is 24.8 Å². The van der Waals surface area contributed by atoms with Gasteiger partial charge in [0.15, 0.2) is 0 Å². The van der Waals surface area contributed by atoms with Gasteiger partial charge in [-0.3, -0.25) is 0 Å². The van der Waals surface area contributed by atoms with E-state index in [2.05, 4.69) is 28.5 Å². The molecule has 0 radical (unpaired) electrons. The predicted molar refractivity (Wildman–Crippen MR) is 70.0 cm³/mol. The van der Waals surface area contributed by atoms with Crippen LogP contribution in [0.4, 0.5) is 5.69 Å². The maximum absolute atomic E-state index is 4.15. The topological polar surface area (TPSA) is 37.8 Å².